The van der Waals surface area contributed by atoms with E-state index in [2.05, 4.69) is 32.4 Å². The van der Waals surface area contributed by atoms with Crippen LogP contribution in [-0.4, -0.2) is 37.6 Å². The van der Waals surface area contributed by atoms with E-state index < -0.39 is 11.6 Å². The summed E-state index contributed by atoms with van der Waals surface area (Å²) in [4.78, 5) is 22.4. The van der Waals surface area contributed by atoms with E-state index in [1.807, 2.05) is 39.0 Å². The number of halogens is 1. The van der Waals surface area contributed by atoms with Crippen molar-refractivity contribution >= 4 is 44.0 Å². The van der Waals surface area contributed by atoms with Crippen molar-refractivity contribution in [3.8, 4) is 0 Å². The number of carboxylic acid groups (broad SMARTS) is 1. The zero-order valence-electron chi connectivity index (χ0n) is 16.8. The van der Waals surface area contributed by atoms with Gasteiger partial charge in [0.15, 0.2) is 0 Å². The molecule has 0 aliphatic rings. The Morgan fingerprint density at radius 3 is 2.68 bits per heavy atom. The molecule has 7 heteroatoms. The molecule has 150 valence electrons. The van der Waals surface area contributed by atoms with Gasteiger partial charge >= 0.3 is 0 Å². The van der Waals surface area contributed by atoms with Crippen LogP contribution in [0.2, 0.25) is 0 Å². The molecule has 0 saturated carbocycles. The Bertz CT molecular complexity index is 1010. The lowest BCUT2D eigenvalue weighted by molar-refractivity contribution is -0.270. The Hall–Kier alpha value is -2.15. The predicted octanol–water partition coefficient (Wildman–Crippen LogP) is 4.13. The quantitative estimate of drug-likeness (QED) is 0.571. The summed E-state index contributed by atoms with van der Waals surface area (Å²) in [6.07, 6.45) is 3.61. The normalized spacial score (nSPS) is 12.0. The fraction of sp³-hybridized carbons (Fsp3) is 0.476. The highest BCUT2D eigenvalue weighted by Crippen LogP contribution is 2.28. The van der Waals surface area contributed by atoms with Crippen LogP contribution in [0.5, 0.6) is 0 Å². The molecule has 6 nitrogen and oxygen atoms in total. The first-order chi connectivity index (χ1) is 13.2. The van der Waals surface area contributed by atoms with E-state index in [0.717, 1.165) is 51.5 Å². The molecule has 0 bridgehead atoms. The van der Waals surface area contributed by atoms with Crippen molar-refractivity contribution in [1.82, 2.24) is 19.4 Å². The van der Waals surface area contributed by atoms with E-state index in [1.54, 1.807) is 6.20 Å². The van der Waals surface area contributed by atoms with Gasteiger partial charge in [0.2, 0.25) is 0 Å². The Balaban J connectivity index is 2.10. The molecule has 0 radical (unpaired) electrons. The minimum atomic E-state index is -1.15. The summed E-state index contributed by atoms with van der Waals surface area (Å²) >= 11 is 3.50. The fourth-order valence-corrected chi connectivity index (χ4v) is 3.85. The zero-order valence-corrected chi connectivity index (χ0v) is 18.4. The maximum atomic E-state index is 11.7. The first-order valence-electron chi connectivity index (χ1n) is 9.64. The summed E-state index contributed by atoms with van der Waals surface area (Å²) < 4.78 is 3.13. The largest absolute Gasteiger partial charge is 0.530 e. The summed E-state index contributed by atoms with van der Waals surface area (Å²) in [7, 11) is 0. The monoisotopic (exact) mass is 445 g/mol. The van der Waals surface area contributed by atoms with Crippen LogP contribution in [-0.2, 0) is 13.0 Å². The molecule has 0 unspecified atom stereocenters. The third kappa shape index (κ3) is 4.14. The maximum absolute atomic E-state index is 11.7. The number of imidazole rings is 1. The first kappa shape index (κ1) is 20.6. The number of pyridine rings is 1. The second-order valence-corrected chi connectivity index (χ2v) is 8.94. The Morgan fingerprint density at radius 1 is 1.29 bits per heavy atom. The summed E-state index contributed by atoms with van der Waals surface area (Å²) in [6, 6.07) is 6.02. The van der Waals surface area contributed by atoms with Gasteiger partial charge in [-0.15, -0.1) is 0 Å². The van der Waals surface area contributed by atoms with Gasteiger partial charge in [0.25, 0.3) is 0 Å². The van der Waals surface area contributed by atoms with Gasteiger partial charge in [-0.05, 0) is 45.4 Å². The number of hydrogen-bond acceptors (Lipinski definition) is 4. The molecule has 3 rings (SSSR count). The van der Waals surface area contributed by atoms with E-state index in [1.165, 1.54) is 4.90 Å². The molecule has 2 heterocycles. The van der Waals surface area contributed by atoms with Crippen molar-refractivity contribution in [3.05, 3.63) is 34.7 Å². The van der Waals surface area contributed by atoms with Crippen LogP contribution in [0.15, 0.2) is 28.9 Å². The average molecular weight is 446 g/mol. The van der Waals surface area contributed by atoms with Gasteiger partial charge in [-0.3, -0.25) is 4.98 Å². The van der Waals surface area contributed by atoms with E-state index in [4.69, 9.17) is 4.98 Å². The molecule has 0 aliphatic heterocycles. The summed E-state index contributed by atoms with van der Waals surface area (Å²) in [5.41, 5.74) is 2.22. The van der Waals surface area contributed by atoms with E-state index in [9.17, 15) is 9.90 Å². The number of benzene rings is 1. The Kier molecular flexibility index (Phi) is 5.93. The number of fused-ring (bicyclic) bond motifs is 3. The van der Waals surface area contributed by atoms with Crippen LogP contribution in [0.4, 0.5) is 4.79 Å². The van der Waals surface area contributed by atoms with Crippen molar-refractivity contribution in [3.63, 3.8) is 0 Å². The van der Waals surface area contributed by atoms with Crippen molar-refractivity contribution < 1.29 is 9.90 Å². The third-order valence-corrected chi connectivity index (χ3v) is 5.44. The summed E-state index contributed by atoms with van der Waals surface area (Å²) in [5, 5.41) is 12.7. The Labute approximate surface area is 173 Å². The molecule has 0 aliphatic carbocycles. The number of aromatic nitrogens is 3. The minimum Gasteiger partial charge on any atom is -0.530 e. The molecule has 0 spiro atoms. The predicted molar refractivity (Wildman–Crippen MR) is 113 cm³/mol. The lowest BCUT2D eigenvalue weighted by Crippen LogP contribution is -2.52. The van der Waals surface area contributed by atoms with Gasteiger partial charge in [-0.25, -0.2) is 4.98 Å². The van der Waals surface area contributed by atoms with E-state index in [0.29, 0.717) is 13.1 Å². The average Bonchev–Trinajstić information content (AvgIpc) is 2.96. The molecule has 3 aromatic rings. The van der Waals surface area contributed by atoms with Crippen LogP contribution in [0.25, 0.3) is 21.9 Å². The number of unbranched alkanes of at least 4 members (excludes halogenated alkanes) is 1. The third-order valence-electron chi connectivity index (χ3n) is 4.95. The molecule has 2 aromatic heterocycles. The zero-order chi connectivity index (χ0) is 20.5. The summed E-state index contributed by atoms with van der Waals surface area (Å²) in [6.45, 7) is 8.66. The SMILES string of the molecule is CCCCc1nc2cnc3cc(Br)ccc3c2n1CCN(C(=O)[O-])C(C)(C)C. The number of rotatable bonds is 6. The highest BCUT2D eigenvalue weighted by molar-refractivity contribution is 9.10. The number of amides is 1. The lowest BCUT2D eigenvalue weighted by atomic mass is 10.1. The topological polar surface area (TPSA) is 74.1 Å². The van der Waals surface area contributed by atoms with E-state index in [-0.39, 0.29) is 0 Å². The standard InChI is InChI=1S/C21H27BrN4O2/c1-5-6-7-18-24-17-13-23-16-12-14(22)8-9-15(16)19(17)25(18)10-11-26(20(27)28)21(2,3)4/h8-9,12-13H,5-7,10-11H2,1-4H3,(H,27,28)/p-1. The van der Waals surface area contributed by atoms with Crippen LogP contribution in [0.3, 0.4) is 0 Å². The number of aryl methyl sites for hydroxylation is 1. The second kappa shape index (κ2) is 8.07. The molecule has 28 heavy (non-hydrogen) atoms. The molecular formula is C21H26BrN4O2-. The second-order valence-electron chi connectivity index (χ2n) is 8.03. The number of carbonyl (C=O) groups excluding carboxylic acids is 1. The van der Waals surface area contributed by atoms with Crippen LogP contribution >= 0.6 is 15.9 Å². The molecule has 0 saturated heterocycles. The van der Waals surface area contributed by atoms with E-state index >= 15 is 0 Å². The van der Waals surface area contributed by atoms with Crippen molar-refractivity contribution in [2.75, 3.05) is 6.54 Å². The molecular weight excluding hydrogens is 420 g/mol. The molecule has 0 N–H and O–H groups in total. The highest BCUT2D eigenvalue weighted by atomic mass is 79.9. The van der Waals surface area contributed by atoms with Gasteiger partial charge < -0.3 is 19.4 Å². The minimum absolute atomic E-state index is 0.344. The maximum Gasteiger partial charge on any atom is 0.137 e. The lowest BCUT2D eigenvalue weighted by Gasteiger charge is -2.38. The number of hydrogen-bond donors (Lipinski definition) is 0. The smallest absolute Gasteiger partial charge is 0.137 e. The van der Waals surface area contributed by atoms with Gasteiger partial charge in [0, 0.05) is 34.9 Å². The molecule has 1 amide bonds. The van der Waals surface area contributed by atoms with Gasteiger partial charge in [0.05, 0.1) is 17.2 Å². The van der Waals surface area contributed by atoms with Crippen molar-refractivity contribution in [2.45, 2.75) is 59.0 Å². The fourth-order valence-electron chi connectivity index (χ4n) is 3.50. The Morgan fingerprint density at radius 2 is 2.04 bits per heavy atom. The molecule has 1 aromatic carbocycles. The van der Waals surface area contributed by atoms with Gasteiger partial charge in [0.1, 0.15) is 17.4 Å². The van der Waals surface area contributed by atoms with Crippen molar-refractivity contribution in [2.24, 2.45) is 0 Å². The first-order valence-corrected chi connectivity index (χ1v) is 10.4. The van der Waals surface area contributed by atoms with Crippen LogP contribution in [0.1, 0.15) is 46.4 Å². The highest BCUT2D eigenvalue weighted by Gasteiger charge is 2.22. The number of carbonyl (C=O) groups is 1. The molecule has 0 fully saturated rings. The molecule has 0 atom stereocenters. The summed E-state index contributed by atoms with van der Waals surface area (Å²) in [5.74, 6) is 0.973. The van der Waals surface area contributed by atoms with Gasteiger partial charge in [-0.1, -0.05) is 29.3 Å². The number of nitrogens with zero attached hydrogens (tertiary/aromatic N) is 4. The van der Waals surface area contributed by atoms with Crippen LogP contribution in [0, 0.1) is 0 Å². The van der Waals surface area contributed by atoms with Gasteiger partial charge in [-0.2, -0.15) is 0 Å². The van der Waals surface area contributed by atoms with Crippen molar-refractivity contribution in [1.29, 1.82) is 0 Å². The van der Waals surface area contributed by atoms with Crippen LogP contribution < -0.4 is 5.11 Å².